The monoisotopic (exact) mass is 451 g/mol. The summed E-state index contributed by atoms with van der Waals surface area (Å²) in [4.78, 5) is 2.62. The molecule has 0 radical (unpaired) electrons. The van der Waals surface area contributed by atoms with E-state index in [4.69, 9.17) is 18.9 Å². The summed E-state index contributed by atoms with van der Waals surface area (Å²) in [7, 11) is 7.23. The number of aliphatic hydroxyl groups is 2. The summed E-state index contributed by atoms with van der Waals surface area (Å²) >= 11 is 0. The summed E-state index contributed by atoms with van der Waals surface area (Å²) in [5, 5.41) is 24.1. The minimum absolute atomic E-state index is 0.0234. The first kappa shape index (κ1) is 22.2. The summed E-state index contributed by atoms with van der Waals surface area (Å²) in [6, 6.07) is 0.186. The molecule has 6 rings (SSSR count). The van der Waals surface area contributed by atoms with Crippen molar-refractivity contribution in [2.75, 3.05) is 48.1 Å². The zero-order valence-electron chi connectivity index (χ0n) is 20.2. The van der Waals surface area contributed by atoms with E-state index in [1.165, 1.54) is 0 Å². The first-order chi connectivity index (χ1) is 15.4. The summed E-state index contributed by atoms with van der Waals surface area (Å²) in [5.74, 6) is 0.310. The van der Waals surface area contributed by atoms with Gasteiger partial charge in [0.15, 0.2) is 0 Å². The Labute approximate surface area is 191 Å². The lowest BCUT2D eigenvalue weighted by atomic mass is 9.43. The standard InChI is InChI=1S/C25H41NO6/c1-6-26-11-23(12-29-2)8-7-16(31-4)25-14-9-13-15(30-3)10-24(28,17(14)19(13)27)18(22(25)26)20(32-5)21(23)25/h13-22,27-28H,6-12H2,1-5H3/t13-,14-,15+,16+,17-,18?,19+,20+,21-,22?,23+,24-,25?/m1/s1. The van der Waals surface area contributed by atoms with Crippen LogP contribution >= 0.6 is 0 Å². The summed E-state index contributed by atoms with van der Waals surface area (Å²) in [6.45, 7) is 4.86. The Bertz CT molecular complexity index is 767. The molecule has 1 spiro atoms. The van der Waals surface area contributed by atoms with Gasteiger partial charge in [0.05, 0.1) is 36.6 Å². The molecule has 7 heteroatoms. The van der Waals surface area contributed by atoms with E-state index < -0.39 is 11.7 Å². The smallest absolute Gasteiger partial charge is 0.0796 e. The Balaban J connectivity index is 1.63. The Morgan fingerprint density at radius 1 is 1.06 bits per heavy atom. The number of hydrogen-bond acceptors (Lipinski definition) is 7. The first-order valence-electron chi connectivity index (χ1n) is 12.6. The van der Waals surface area contributed by atoms with Crippen molar-refractivity contribution in [3.05, 3.63) is 0 Å². The second kappa shape index (κ2) is 7.12. The molecule has 6 aliphatic rings. The van der Waals surface area contributed by atoms with Gasteiger partial charge in [0.2, 0.25) is 0 Å². The first-order valence-corrected chi connectivity index (χ1v) is 12.6. The van der Waals surface area contributed by atoms with Crippen LogP contribution in [0.3, 0.4) is 0 Å². The predicted octanol–water partition coefficient (Wildman–Crippen LogP) is 1.16. The molecular formula is C25H41NO6. The summed E-state index contributed by atoms with van der Waals surface area (Å²) < 4.78 is 24.5. The van der Waals surface area contributed by atoms with Gasteiger partial charge in [-0.05, 0) is 31.7 Å². The van der Waals surface area contributed by atoms with Crippen LogP contribution in [0, 0.1) is 40.4 Å². The van der Waals surface area contributed by atoms with Gasteiger partial charge in [0, 0.05) is 81.9 Å². The number of likely N-dealkylation sites (tertiary alicyclic amines) is 1. The molecule has 1 aliphatic heterocycles. The second-order valence-corrected chi connectivity index (χ2v) is 11.8. The number of piperidine rings is 1. The van der Waals surface area contributed by atoms with Crippen LogP contribution in [-0.2, 0) is 18.9 Å². The second-order valence-electron chi connectivity index (χ2n) is 11.8. The van der Waals surface area contributed by atoms with Crippen LogP contribution in [0.5, 0.6) is 0 Å². The lowest BCUT2D eigenvalue weighted by molar-refractivity contribution is -0.276. The molecule has 13 atom stereocenters. The van der Waals surface area contributed by atoms with Gasteiger partial charge in [-0.3, -0.25) is 4.90 Å². The molecule has 0 aromatic rings. The zero-order chi connectivity index (χ0) is 22.6. The molecule has 0 aromatic heterocycles. The normalized spacial score (nSPS) is 60.1. The van der Waals surface area contributed by atoms with Crippen molar-refractivity contribution in [1.82, 2.24) is 4.90 Å². The number of ether oxygens (including phenoxy) is 4. The van der Waals surface area contributed by atoms with E-state index in [0.29, 0.717) is 13.0 Å². The summed E-state index contributed by atoms with van der Waals surface area (Å²) in [5.41, 5.74) is -1.18. The van der Waals surface area contributed by atoms with Crippen LogP contribution in [-0.4, -0.2) is 99.3 Å². The molecule has 32 heavy (non-hydrogen) atoms. The predicted molar refractivity (Wildman–Crippen MR) is 117 cm³/mol. The van der Waals surface area contributed by atoms with Gasteiger partial charge >= 0.3 is 0 Å². The number of hydrogen-bond donors (Lipinski definition) is 2. The van der Waals surface area contributed by atoms with Crippen molar-refractivity contribution in [3.63, 3.8) is 0 Å². The van der Waals surface area contributed by atoms with Crippen molar-refractivity contribution in [1.29, 1.82) is 0 Å². The highest BCUT2D eigenvalue weighted by molar-refractivity contribution is 5.35. The SMILES string of the molecule is CCN1C[C@]2(COC)CC[C@H](OC)C34C1C([C@H](OC)[C@@H]32)[C@@]1(O)C[C@H](OC)[C@H]2C[C@@H]4[C@@H]1[C@H]2O. The Hall–Kier alpha value is -0.280. The molecule has 5 aliphatic carbocycles. The molecule has 182 valence electrons. The van der Waals surface area contributed by atoms with E-state index in [2.05, 4.69) is 11.8 Å². The molecule has 5 saturated carbocycles. The third-order valence-corrected chi connectivity index (χ3v) is 11.4. The minimum atomic E-state index is -0.999. The fourth-order valence-electron chi connectivity index (χ4n) is 11.0. The van der Waals surface area contributed by atoms with Gasteiger partial charge in [0.25, 0.3) is 0 Å². The van der Waals surface area contributed by atoms with Crippen molar-refractivity contribution in [2.24, 2.45) is 40.4 Å². The Morgan fingerprint density at radius 2 is 1.84 bits per heavy atom. The molecule has 1 heterocycles. The van der Waals surface area contributed by atoms with Gasteiger partial charge in [-0.25, -0.2) is 0 Å². The van der Waals surface area contributed by atoms with E-state index in [1.54, 1.807) is 7.11 Å². The van der Waals surface area contributed by atoms with Gasteiger partial charge in [-0.15, -0.1) is 0 Å². The van der Waals surface area contributed by atoms with Crippen molar-refractivity contribution in [3.8, 4) is 0 Å². The molecule has 6 fully saturated rings. The maximum atomic E-state index is 12.6. The molecule has 2 N–H and O–H groups in total. The highest BCUT2D eigenvalue weighted by Crippen LogP contribution is 2.79. The van der Waals surface area contributed by atoms with E-state index in [1.807, 2.05) is 21.3 Å². The molecule has 1 saturated heterocycles. The largest absolute Gasteiger partial charge is 0.392 e. The van der Waals surface area contributed by atoms with E-state index in [9.17, 15) is 10.2 Å². The molecule has 0 aromatic carbocycles. The van der Waals surface area contributed by atoms with E-state index in [0.717, 1.165) is 32.4 Å². The van der Waals surface area contributed by atoms with Crippen LogP contribution in [0.15, 0.2) is 0 Å². The molecule has 7 nitrogen and oxygen atoms in total. The summed E-state index contributed by atoms with van der Waals surface area (Å²) in [6.07, 6.45) is 2.89. The fraction of sp³-hybridized carbons (Fsp3) is 1.00. The minimum Gasteiger partial charge on any atom is -0.392 e. The topological polar surface area (TPSA) is 80.6 Å². The zero-order valence-corrected chi connectivity index (χ0v) is 20.2. The van der Waals surface area contributed by atoms with Crippen molar-refractivity contribution >= 4 is 0 Å². The molecule has 7 bridgehead atoms. The molecular weight excluding hydrogens is 410 g/mol. The maximum Gasteiger partial charge on any atom is 0.0796 e. The number of methoxy groups -OCH3 is 4. The highest BCUT2D eigenvalue weighted by Gasteiger charge is 2.86. The van der Waals surface area contributed by atoms with Gasteiger partial charge in [-0.1, -0.05) is 6.92 Å². The van der Waals surface area contributed by atoms with Crippen LogP contribution in [0.25, 0.3) is 0 Å². The van der Waals surface area contributed by atoms with Gasteiger partial charge < -0.3 is 29.2 Å². The number of fused-ring (bicyclic) bond motifs is 2. The third kappa shape index (κ3) is 2.19. The van der Waals surface area contributed by atoms with Gasteiger partial charge in [0.1, 0.15) is 0 Å². The molecule has 3 unspecified atom stereocenters. The maximum absolute atomic E-state index is 12.6. The lowest BCUT2D eigenvalue weighted by Gasteiger charge is -2.69. The third-order valence-electron chi connectivity index (χ3n) is 11.4. The Kier molecular flexibility index (Phi) is 4.94. The van der Waals surface area contributed by atoms with E-state index in [-0.39, 0.29) is 64.8 Å². The van der Waals surface area contributed by atoms with E-state index >= 15 is 0 Å². The van der Waals surface area contributed by atoms with Crippen LogP contribution in [0.1, 0.15) is 32.6 Å². The highest BCUT2D eigenvalue weighted by atomic mass is 16.5. The number of rotatable bonds is 6. The van der Waals surface area contributed by atoms with Crippen molar-refractivity contribution < 1.29 is 29.2 Å². The quantitative estimate of drug-likeness (QED) is 0.627. The average Bonchev–Trinajstić information content (AvgIpc) is 3.19. The lowest BCUT2D eigenvalue weighted by Crippen LogP contribution is -2.76. The van der Waals surface area contributed by atoms with Crippen LogP contribution in [0.2, 0.25) is 0 Å². The molecule has 0 amide bonds. The fourth-order valence-corrected chi connectivity index (χ4v) is 11.0. The van der Waals surface area contributed by atoms with Crippen LogP contribution < -0.4 is 0 Å². The Morgan fingerprint density at radius 3 is 2.47 bits per heavy atom. The number of aliphatic hydroxyl groups excluding tert-OH is 1. The van der Waals surface area contributed by atoms with Crippen LogP contribution in [0.4, 0.5) is 0 Å². The van der Waals surface area contributed by atoms with Gasteiger partial charge in [-0.2, -0.15) is 0 Å². The average molecular weight is 452 g/mol. The number of nitrogens with zero attached hydrogens (tertiary/aromatic N) is 1. The van der Waals surface area contributed by atoms with Crippen molar-refractivity contribution in [2.45, 2.75) is 68.7 Å².